The van der Waals surface area contributed by atoms with Crippen LogP contribution in [0.3, 0.4) is 0 Å². The first kappa shape index (κ1) is 13.0. The van der Waals surface area contributed by atoms with E-state index in [-0.39, 0.29) is 0 Å². The van der Waals surface area contributed by atoms with E-state index in [2.05, 4.69) is 25.4 Å². The number of methoxy groups -OCH3 is 1. The lowest BCUT2D eigenvalue weighted by molar-refractivity contribution is 0.0595. The van der Waals surface area contributed by atoms with Crippen molar-refractivity contribution in [1.29, 1.82) is 0 Å². The molecule has 18 heavy (non-hydrogen) atoms. The summed E-state index contributed by atoms with van der Waals surface area (Å²) >= 11 is 3.04. The van der Waals surface area contributed by atoms with Gasteiger partial charge in [0, 0.05) is 23.7 Å². The van der Waals surface area contributed by atoms with E-state index in [4.69, 9.17) is 0 Å². The van der Waals surface area contributed by atoms with Gasteiger partial charge >= 0.3 is 5.97 Å². The van der Waals surface area contributed by atoms with Gasteiger partial charge in [0.2, 0.25) is 0 Å². The molecule has 96 valence electrons. The zero-order valence-corrected chi connectivity index (χ0v) is 11.7. The van der Waals surface area contributed by atoms with Crippen molar-refractivity contribution in [1.82, 2.24) is 9.97 Å². The summed E-state index contributed by atoms with van der Waals surface area (Å²) in [5.74, 6) is -0.408. The van der Waals surface area contributed by atoms with Crippen molar-refractivity contribution >= 4 is 33.8 Å². The molecule has 2 heterocycles. The minimum absolute atomic E-state index is 0.342. The number of nitrogens with one attached hydrogen (secondary N) is 1. The minimum atomic E-state index is -0.408. The Morgan fingerprint density at radius 1 is 1.39 bits per heavy atom. The normalized spacial score (nSPS) is 10.3. The second kappa shape index (κ2) is 5.92. The van der Waals surface area contributed by atoms with E-state index in [1.54, 1.807) is 16.7 Å². The molecule has 0 aliphatic rings. The summed E-state index contributed by atoms with van der Waals surface area (Å²) < 4.78 is 4.59. The Hall–Kier alpha value is -1.47. The highest BCUT2D eigenvalue weighted by Crippen LogP contribution is 2.16. The SMILES string of the molecule is COC(=O)c1csc(NCCc2csc(C)n2)n1. The van der Waals surface area contributed by atoms with Crippen molar-refractivity contribution in [2.45, 2.75) is 13.3 Å². The van der Waals surface area contributed by atoms with Gasteiger partial charge in [-0.15, -0.1) is 22.7 Å². The van der Waals surface area contributed by atoms with Crippen molar-refractivity contribution < 1.29 is 9.53 Å². The maximum atomic E-state index is 11.2. The summed E-state index contributed by atoms with van der Waals surface area (Å²) in [6, 6.07) is 0. The highest BCUT2D eigenvalue weighted by Gasteiger charge is 2.10. The quantitative estimate of drug-likeness (QED) is 0.853. The largest absolute Gasteiger partial charge is 0.464 e. The molecule has 2 aromatic heterocycles. The van der Waals surface area contributed by atoms with Crippen LogP contribution in [0.25, 0.3) is 0 Å². The molecule has 2 aromatic rings. The van der Waals surface area contributed by atoms with Gasteiger partial charge in [-0.2, -0.15) is 0 Å². The maximum Gasteiger partial charge on any atom is 0.357 e. The van der Waals surface area contributed by atoms with Crippen LogP contribution >= 0.6 is 22.7 Å². The van der Waals surface area contributed by atoms with Crippen LogP contribution in [-0.2, 0) is 11.2 Å². The van der Waals surface area contributed by atoms with Gasteiger partial charge in [-0.25, -0.2) is 14.8 Å². The van der Waals surface area contributed by atoms with E-state index >= 15 is 0 Å². The maximum absolute atomic E-state index is 11.2. The number of nitrogens with zero attached hydrogens (tertiary/aromatic N) is 2. The number of thiazole rings is 2. The molecule has 0 spiro atoms. The number of esters is 1. The number of rotatable bonds is 5. The molecule has 0 aliphatic heterocycles. The summed E-state index contributed by atoms with van der Waals surface area (Å²) in [5, 5.41) is 8.70. The smallest absolute Gasteiger partial charge is 0.357 e. The predicted octanol–water partition coefficient (Wildman–Crippen LogP) is 2.35. The molecule has 1 N–H and O–H groups in total. The first-order valence-electron chi connectivity index (χ1n) is 5.38. The average molecular weight is 283 g/mol. The van der Waals surface area contributed by atoms with Gasteiger partial charge in [0.05, 0.1) is 17.8 Å². The van der Waals surface area contributed by atoms with Crippen LogP contribution in [0.15, 0.2) is 10.8 Å². The number of aromatic nitrogens is 2. The van der Waals surface area contributed by atoms with E-state index < -0.39 is 5.97 Å². The molecule has 0 saturated heterocycles. The molecule has 0 fully saturated rings. The Bertz CT molecular complexity index is 536. The third-order valence-corrected chi connectivity index (χ3v) is 3.84. The Kier molecular flexibility index (Phi) is 4.27. The molecular weight excluding hydrogens is 270 g/mol. The average Bonchev–Trinajstić information content (AvgIpc) is 2.98. The number of hydrogen-bond donors (Lipinski definition) is 1. The lowest BCUT2D eigenvalue weighted by Gasteiger charge is -1.99. The van der Waals surface area contributed by atoms with Crippen molar-refractivity contribution in [2.75, 3.05) is 19.0 Å². The van der Waals surface area contributed by atoms with Crippen LogP contribution < -0.4 is 5.32 Å². The molecule has 0 radical (unpaired) electrons. The Morgan fingerprint density at radius 3 is 2.89 bits per heavy atom. The zero-order chi connectivity index (χ0) is 13.0. The number of carbonyl (C=O) groups excluding carboxylic acids is 1. The van der Waals surface area contributed by atoms with Gasteiger partial charge in [-0.05, 0) is 6.92 Å². The Balaban J connectivity index is 1.83. The molecule has 0 saturated carbocycles. The molecule has 2 rings (SSSR count). The highest BCUT2D eigenvalue weighted by molar-refractivity contribution is 7.13. The number of carbonyl (C=O) groups is 1. The highest BCUT2D eigenvalue weighted by atomic mass is 32.1. The van der Waals surface area contributed by atoms with Crippen LogP contribution in [0.5, 0.6) is 0 Å². The fourth-order valence-electron chi connectivity index (χ4n) is 1.37. The molecule has 5 nitrogen and oxygen atoms in total. The van der Waals surface area contributed by atoms with Gasteiger partial charge in [0.1, 0.15) is 0 Å². The summed E-state index contributed by atoms with van der Waals surface area (Å²) in [7, 11) is 1.35. The van der Waals surface area contributed by atoms with Crippen molar-refractivity contribution in [3.05, 3.63) is 27.2 Å². The third-order valence-electron chi connectivity index (χ3n) is 2.22. The monoisotopic (exact) mass is 283 g/mol. The molecule has 0 bridgehead atoms. The number of hydrogen-bond acceptors (Lipinski definition) is 7. The summed E-state index contributed by atoms with van der Waals surface area (Å²) in [6.07, 6.45) is 0.845. The van der Waals surface area contributed by atoms with Gasteiger partial charge < -0.3 is 10.1 Å². The van der Waals surface area contributed by atoms with Crippen molar-refractivity contribution in [3.63, 3.8) is 0 Å². The van der Waals surface area contributed by atoms with Crippen molar-refractivity contribution in [2.24, 2.45) is 0 Å². The molecule has 0 atom stereocenters. The van der Waals surface area contributed by atoms with Crippen LogP contribution in [0, 0.1) is 6.92 Å². The fourth-order valence-corrected chi connectivity index (χ4v) is 2.73. The van der Waals surface area contributed by atoms with Gasteiger partial charge in [0.25, 0.3) is 0 Å². The lowest BCUT2D eigenvalue weighted by atomic mass is 10.3. The van der Waals surface area contributed by atoms with Gasteiger partial charge in [-0.1, -0.05) is 0 Å². The summed E-state index contributed by atoms with van der Waals surface area (Å²) in [5.41, 5.74) is 1.42. The standard InChI is InChI=1S/C11H13N3O2S2/c1-7-13-8(5-17-7)3-4-12-11-14-9(6-18-11)10(15)16-2/h5-6H,3-4H2,1-2H3,(H,12,14). The van der Waals surface area contributed by atoms with E-state index in [0.717, 1.165) is 28.8 Å². The second-order valence-corrected chi connectivity index (χ2v) is 5.48. The molecule has 0 amide bonds. The van der Waals surface area contributed by atoms with Crippen LogP contribution in [0.4, 0.5) is 5.13 Å². The van der Waals surface area contributed by atoms with Crippen molar-refractivity contribution in [3.8, 4) is 0 Å². The first-order chi connectivity index (χ1) is 8.69. The molecule has 0 aromatic carbocycles. The predicted molar refractivity (Wildman–Crippen MR) is 72.5 cm³/mol. The van der Waals surface area contributed by atoms with Gasteiger partial charge in [0.15, 0.2) is 10.8 Å². The van der Waals surface area contributed by atoms with E-state index in [0.29, 0.717) is 5.69 Å². The molecule has 0 unspecified atom stereocenters. The summed E-state index contributed by atoms with van der Waals surface area (Å²) in [6.45, 7) is 2.74. The number of anilines is 1. The van der Waals surface area contributed by atoms with Crippen LogP contribution in [-0.4, -0.2) is 29.6 Å². The second-order valence-electron chi connectivity index (χ2n) is 3.56. The zero-order valence-electron chi connectivity index (χ0n) is 10.1. The van der Waals surface area contributed by atoms with E-state index in [9.17, 15) is 4.79 Å². The third kappa shape index (κ3) is 3.27. The van der Waals surface area contributed by atoms with E-state index in [1.165, 1.54) is 18.4 Å². The van der Waals surface area contributed by atoms with Crippen LogP contribution in [0.2, 0.25) is 0 Å². The molecule has 7 heteroatoms. The molecular formula is C11H13N3O2S2. The first-order valence-corrected chi connectivity index (χ1v) is 7.13. The number of ether oxygens (including phenoxy) is 1. The van der Waals surface area contributed by atoms with Gasteiger partial charge in [-0.3, -0.25) is 0 Å². The van der Waals surface area contributed by atoms with E-state index in [1.807, 2.05) is 6.92 Å². The fraction of sp³-hybridized carbons (Fsp3) is 0.364. The number of aryl methyl sites for hydroxylation is 1. The lowest BCUT2D eigenvalue weighted by Crippen LogP contribution is -2.06. The van der Waals surface area contributed by atoms with Crippen LogP contribution in [0.1, 0.15) is 21.2 Å². The summed E-state index contributed by atoms with van der Waals surface area (Å²) in [4.78, 5) is 19.7. The Labute approximate surface area is 113 Å². The minimum Gasteiger partial charge on any atom is -0.464 e. The topological polar surface area (TPSA) is 64.1 Å². The molecule has 0 aliphatic carbocycles. The Morgan fingerprint density at radius 2 is 2.22 bits per heavy atom.